The molecule has 0 aromatic heterocycles. The average Bonchev–Trinajstić information content (AvgIpc) is 2.83. The Labute approximate surface area is 112 Å². The topological polar surface area (TPSA) is 66.9 Å². The van der Waals surface area contributed by atoms with E-state index in [1.54, 1.807) is 9.80 Å². The zero-order chi connectivity index (χ0) is 13.8. The van der Waals surface area contributed by atoms with Crippen LogP contribution in [0.15, 0.2) is 0 Å². The molecule has 0 N–H and O–H groups in total. The maximum Gasteiger partial charge on any atom is 0.308 e. The third-order valence-corrected chi connectivity index (χ3v) is 3.88. The molecule has 2 rings (SSSR count). The number of carbonyl (C=O) groups excluding carboxylic acids is 3. The summed E-state index contributed by atoms with van der Waals surface area (Å²) < 4.78 is 4.71. The lowest BCUT2D eigenvalue weighted by molar-refractivity contribution is -0.149. The summed E-state index contributed by atoms with van der Waals surface area (Å²) in [5.41, 5.74) is 0. The highest BCUT2D eigenvalue weighted by Gasteiger charge is 2.30. The number of nitrogens with zero attached hydrogens (tertiary/aromatic N) is 2. The Morgan fingerprint density at radius 2 is 1.95 bits per heavy atom. The Morgan fingerprint density at radius 3 is 2.47 bits per heavy atom. The SMILES string of the molecule is COC(=O)C1CCN(C(=O)CN2CCCC2=O)CC1. The summed E-state index contributed by atoms with van der Waals surface area (Å²) in [6.07, 6.45) is 2.69. The van der Waals surface area contributed by atoms with Gasteiger partial charge >= 0.3 is 5.97 Å². The van der Waals surface area contributed by atoms with Crippen LogP contribution in [-0.4, -0.2) is 60.9 Å². The van der Waals surface area contributed by atoms with Gasteiger partial charge in [0.25, 0.3) is 0 Å². The highest BCUT2D eigenvalue weighted by molar-refractivity contribution is 5.86. The van der Waals surface area contributed by atoms with Crippen LogP contribution in [0.1, 0.15) is 25.7 Å². The molecule has 0 unspecified atom stereocenters. The summed E-state index contributed by atoms with van der Waals surface area (Å²) >= 11 is 0. The minimum absolute atomic E-state index is 0.0152. The van der Waals surface area contributed by atoms with Gasteiger partial charge in [-0.25, -0.2) is 0 Å². The van der Waals surface area contributed by atoms with E-state index < -0.39 is 0 Å². The molecule has 0 aliphatic carbocycles. The van der Waals surface area contributed by atoms with Crippen molar-refractivity contribution in [1.29, 1.82) is 0 Å². The fraction of sp³-hybridized carbons (Fsp3) is 0.769. The number of ether oxygens (including phenoxy) is 1. The van der Waals surface area contributed by atoms with Crippen LogP contribution >= 0.6 is 0 Å². The summed E-state index contributed by atoms with van der Waals surface area (Å²) in [7, 11) is 1.39. The Kier molecular flexibility index (Phi) is 4.39. The van der Waals surface area contributed by atoms with Gasteiger partial charge in [-0.15, -0.1) is 0 Å². The molecule has 0 saturated carbocycles. The van der Waals surface area contributed by atoms with E-state index in [4.69, 9.17) is 4.74 Å². The maximum atomic E-state index is 12.1. The van der Waals surface area contributed by atoms with Crippen LogP contribution < -0.4 is 0 Å². The molecule has 19 heavy (non-hydrogen) atoms. The largest absolute Gasteiger partial charge is 0.469 e. The Morgan fingerprint density at radius 1 is 1.26 bits per heavy atom. The molecule has 2 heterocycles. The summed E-state index contributed by atoms with van der Waals surface area (Å²) in [5, 5.41) is 0. The molecule has 0 atom stereocenters. The Balaban J connectivity index is 1.79. The van der Waals surface area contributed by atoms with E-state index in [2.05, 4.69) is 0 Å². The van der Waals surface area contributed by atoms with E-state index >= 15 is 0 Å². The van der Waals surface area contributed by atoms with E-state index in [9.17, 15) is 14.4 Å². The van der Waals surface area contributed by atoms with Crippen molar-refractivity contribution in [3.63, 3.8) is 0 Å². The minimum atomic E-state index is -0.193. The van der Waals surface area contributed by atoms with E-state index in [1.807, 2.05) is 0 Å². The van der Waals surface area contributed by atoms with Gasteiger partial charge in [0.05, 0.1) is 19.6 Å². The number of likely N-dealkylation sites (tertiary alicyclic amines) is 2. The monoisotopic (exact) mass is 268 g/mol. The van der Waals surface area contributed by atoms with Crippen LogP contribution in [-0.2, 0) is 19.1 Å². The van der Waals surface area contributed by atoms with Crippen LogP contribution in [0.2, 0.25) is 0 Å². The lowest BCUT2D eigenvalue weighted by atomic mass is 9.97. The quantitative estimate of drug-likeness (QED) is 0.677. The molecule has 0 radical (unpaired) electrons. The van der Waals surface area contributed by atoms with Crippen molar-refractivity contribution in [3.8, 4) is 0 Å². The summed E-state index contributed by atoms with van der Waals surface area (Å²) in [5.74, 6) is -0.236. The van der Waals surface area contributed by atoms with Crippen LogP contribution in [0, 0.1) is 5.92 Å². The number of rotatable bonds is 3. The van der Waals surface area contributed by atoms with Crippen molar-refractivity contribution in [2.75, 3.05) is 33.3 Å². The van der Waals surface area contributed by atoms with Gasteiger partial charge in [-0.1, -0.05) is 0 Å². The van der Waals surface area contributed by atoms with Gasteiger partial charge in [-0.2, -0.15) is 0 Å². The molecule has 2 aliphatic heterocycles. The van der Waals surface area contributed by atoms with Crippen LogP contribution in [0.4, 0.5) is 0 Å². The standard InChI is InChI=1S/C13H20N2O4/c1-19-13(18)10-4-7-14(8-5-10)12(17)9-15-6-2-3-11(15)16/h10H,2-9H2,1H3. The Bertz CT molecular complexity index is 375. The van der Waals surface area contributed by atoms with Gasteiger partial charge in [-0.05, 0) is 19.3 Å². The molecular weight excluding hydrogens is 248 g/mol. The van der Waals surface area contributed by atoms with Crippen molar-refractivity contribution in [3.05, 3.63) is 0 Å². The molecule has 2 aliphatic rings. The molecule has 0 spiro atoms. The number of carbonyl (C=O) groups is 3. The number of hydrogen-bond acceptors (Lipinski definition) is 4. The maximum absolute atomic E-state index is 12.1. The van der Waals surface area contributed by atoms with Crippen LogP contribution in [0.5, 0.6) is 0 Å². The molecule has 2 fully saturated rings. The molecule has 2 saturated heterocycles. The minimum Gasteiger partial charge on any atom is -0.469 e. The fourth-order valence-electron chi connectivity index (χ4n) is 2.67. The van der Waals surface area contributed by atoms with Gasteiger partial charge in [0.2, 0.25) is 11.8 Å². The van der Waals surface area contributed by atoms with Crippen molar-refractivity contribution >= 4 is 17.8 Å². The number of methoxy groups -OCH3 is 1. The zero-order valence-electron chi connectivity index (χ0n) is 11.3. The third-order valence-electron chi connectivity index (χ3n) is 3.88. The first-order valence-electron chi connectivity index (χ1n) is 6.75. The Hall–Kier alpha value is -1.59. The number of amides is 2. The van der Waals surface area contributed by atoms with E-state index in [-0.39, 0.29) is 30.2 Å². The fourth-order valence-corrected chi connectivity index (χ4v) is 2.67. The highest BCUT2D eigenvalue weighted by atomic mass is 16.5. The van der Waals surface area contributed by atoms with Gasteiger partial charge in [0.15, 0.2) is 0 Å². The predicted molar refractivity (Wildman–Crippen MR) is 67.1 cm³/mol. The molecule has 2 amide bonds. The third kappa shape index (κ3) is 3.24. The van der Waals surface area contributed by atoms with Crippen molar-refractivity contribution < 1.29 is 19.1 Å². The lowest BCUT2D eigenvalue weighted by Crippen LogP contribution is -2.45. The number of piperidine rings is 1. The second-order valence-electron chi connectivity index (χ2n) is 5.10. The average molecular weight is 268 g/mol. The van der Waals surface area contributed by atoms with Crippen LogP contribution in [0.3, 0.4) is 0 Å². The first-order chi connectivity index (χ1) is 9.11. The van der Waals surface area contributed by atoms with Crippen LogP contribution in [0.25, 0.3) is 0 Å². The van der Waals surface area contributed by atoms with Crippen molar-refractivity contribution in [1.82, 2.24) is 9.80 Å². The van der Waals surface area contributed by atoms with Gasteiger partial charge in [0.1, 0.15) is 0 Å². The molecular formula is C13H20N2O4. The van der Waals surface area contributed by atoms with Gasteiger partial charge in [-0.3, -0.25) is 14.4 Å². The summed E-state index contributed by atoms with van der Waals surface area (Å²) in [4.78, 5) is 38.3. The highest BCUT2D eigenvalue weighted by Crippen LogP contribution is 2.19. The molecule has 0 aromatic rings. The van der Waals surface area contributed by atoms with E-state index in [0.29, 0.717) is 38.9 Å². The van der Waals surface area contributed by atoms with Crippen molar-refractivity contribution in [2.45, 2.75) is 25.7 Å². The summed E-state index contributed by atoms with van der Waals surface area (Å²) in [6, 6.07) is 0. The normalized spacial score (nSPS) is 20.8. The first-order valence-corrected chi connectivity index (χ1v) is 6.75. The lowest BCUT2D eigenvalue weighted by Gasteiger charge is -2.31. The second kappa shape index (κ2) is 6.04. The molecule has 6 nitrogen and oxygen atoms in total. The predicted octanol–water partition coefficient (Wildman–Crippen LogP) is 0.0204. The first kappa shape index (κ1) is 13.8. The van der Waals surface area contributed by atoms with Gasteiger partial charge < -0.3 is 14.5 Å². The summed E-state index contributed by atoms with van der Waals surface area (Å²) in [6.45, 7) is 2.01. The van der Waals surface area contributed by atoms with Gasteiger partial charge in [0, 0.05) is 26.1 Å². The second-order valence-corrected chi connectivity index (χ2v) is 5.10. The number of esters is 1. The van der Waals surface area contributed by atoms with Crippen molar-refractivity contribution in [2.24, 2.45) is 5.92 Å². The zero-order valence-corrected chi connectivity index (χ0v) is 11.3. The molecule has 6 heteroatoms. The smallest absolute Gasteiger partial charge is 0.308 e. The molecule has 0 bridgehead atoms. The van der Waals surface area contributed by atoms with E-state index in [0.717, 1.165) is 6.42 Å². The molecule has 106 valence electrons. The molecule has 0 aromatic carbocycles. The van der Waals surface area contributed by atoms with E-state index in [1.165, 1.54) is 7.11 Å². The number of hydrogen-bond donors (Lipinski definition) is 0.